The molecule has 6 heteroatoms. The van der Waals surface area contributed by atoms with Gasteiger partial charge >= 0.3 is 0 Å². The standard InChI is InChI=1S/C11H19NO3S2/c1-8(2)9(3)6-12-17(14,15)11-4-5-16-10(11)7-13/h4-5,8-9,12-13H,6-7H2,1-3H3. The van der Waals surface area contributed by atoms with Gasteiger partial charge in [-0.05, 0) is 23.3 Å². The smallest absolute Gasteiger partial charge is 0.241 e. The minimum Gasteiger partial charge on any atom is -0.391 e. The number of rotatable bonds is 6. The van der Waals surface area contributed by atoms with Crippen molar-refractivity contribution in [2.75, 3.05) is 6.54 Å². The highest BCUT2D eigenvalue weighted by Crippen LogP contribution is 2.22. The van der Waals surface area contributed by atoms with Crippen LogP contribution < -0.4 is 4.72 Å². The first kappa shape index (κ1) is 14.6. The maximum atomic E-state index is 12.0. The molecule has 1 rings (SSSR count). The number of nitrogens with one attached hydrogen (secondary N) is 1. The van der Waals surface area contributed by atoms with E-state index in [0.29, 0.717) is 17.3 Å². The molecule has 1 unspecified atom stereocenters. The summed E-state index contributed by atoms with van der Waals surface area (Å²) >= 11 is 1.25. The molecule has 1 aromatic rings. The number of sulfonamides is 1. The molecule has 0 aliphatic heterocycles. The zero-order valence-electron chi connectivity index (χ0n) is 10.3. The highest BCUT2D eigenvalue weighted by atomic mass is 32.2. The maximum Gasteiger partial charge on any atom is 0.241 e. The molecule has 0 aliphatic rings. The van der Waals surface area contributed by atoms with Crippen molar-refractivity contribution < 1.29 is 13.5 Å². The van der Waals surface area contributed by atoms with Crippen molar-refractivity contribution in [1.29, 1.82) is 0 Å². The van der Waals surface area contributed by atoms with Gasteiger partial charge in [0, 0.05) is 11.4 Å². The molecule has 1 heterocycles. The van der Waals surface area contributed by atoms with Crippen molar-refractivity contribution in [3.8, 4) is 0 Å². The Balaban J connectivity index is 2.76. The van der Waals surface area contributed by atoms with Crippen LogP contribution in [0.4, 0.5) is 0 Å². The van der Waals surface area contributed by atoms with E-state index in [1.54, 1.807) is 5.38 Å². The van der Waals surface area contributed by atoms with Crippen molar-refractivity contribution in [2.45, 2.75) is 32.3 Å². The summed E-state index contributed by atoms with van der Waals surface area (Å²) in [5, 5.41) is 10.7. The summed E-state index contributed by atoms with van der Waals surface area (Å²) in [6.45, 7) is 6.30. The van der Waals surface area contributed by atoms with Crippen molar-refractivity contribution in [2.24, 2.45) is 11.8 Å². The average molecular weight is 277 g/mol. The molecule has 17 heavy (non-hydrogen) atoms. The summed E-state index contributed by atoms with van der Waals surface area (Å²) in [6.07, 6.45) is 0. The zero-order chi connectivity index (χ0) is 13.1. The molecular weight excluding hydrogens is 258 g/mol. The van der Waals surface area contributed by atoms with E-state index in [4.69, 9.17) is 5.11 Å². The van der Waals surface area contributed by atoms with Crippen LogP contribution in [0.1, 0.15) is 25.6 Å². The Hall–Kier alpha value is -0.430. The summed E-state index contributed by atoms with van der Waals surface area (Å²) < 4.78 is 26.6. The number of hydrogen-bond acceptors (Lipinski definition) is 4. The summed E-state index contributed by atoms with van der Waals surface area (Å²) in [4.78, 5) is 0.677. The molecule has 0 fully saturated rings. The molecule has 0 spiro atoms. The lowest BCUT2D eigenvalue weighted by atomic mass is 9.99. The van der Waals surface area contributed by atoms with Crippen LogP contribution in [-0.4, -0.2) is 20.1 Å². The van der Waals surface area contributed by atoms with Gasteiger partial charge in [0.15, 0.2) is 0 Å². The third-order valence-corrected chi connectivity index (χ3v) is 5.41. The van der Waals surface area contributed by atoms with E-state index in [0.717, 1.165) is 0 Å². The van der Waals surface area contributed by atoms with Gasteiger partial charge < -0.3 is 5.11 Å². The molecule has 0 aliphatic carbocycles. The second kappa shape index (κ2) is 5.95. The van der Waals surface area contributed by atoms with E-state index in [1.165, 1.54) is 17.4 Å². The fourth-order valence-corrected chi connectivity index (χ4v) is 3.67. The molecule has 0 amide bonds. The highest BCUT2D eigenvalue weighted by Gasteiger charge is 2.20. The topological polar surface area (TPSA) is 66.4 Å². The van der Waals surface area contributed by atoms with Crippen LogP contribution in [-0.2, 0) is 16.6 Å². The third-order valence-electron chi connectivity index (χ3n) is 2.87. The Kier molecular flexibility index (Phi) is 5.12. The molecule has 0 bridgehead atoms. The SMILES string of the molecule is CC(C)C(C)CNS(=O)(=O)c1ccsc1CO. The maximum absolute atomic E-state index is 12.0. The minimum atomic E-state index is -3.49. The van der Waals surface area contributed by atoms with Crippen molar-refractivity contribution >= 4 is 21.4 Å². The van der Waals surface area contributed by atoms with E-state index < -0.39 is 10.0 Å². The van der Waals surface area contributed by atoms with Crippen LogP contribution in [0.15, 0.2) is 16.3 Å². The monoisotopic (exact) mass is 277 g/mol. The van der Waals surface area contributed by atoms with Crippen LogP contribution in [0.3, 0.4) is 0 Å². The Morgan fingerprint density at radius 1 is 1.41 bits per heavy atom. The van der Waals surface area contributed by atoms with Gasteiger partial charge in [0.2, 0.25) is 10.0 Å². The molecule has 2 N–H and O–H groups in total. The minimum absolute atomic E-state index is 0.195. The predicted octanol–water partition coefficient (Wildman–Crippen LogP) is 1.81. The largest absolute Gasteiger partial charge is 0.391 e. The van der Waals surface area contributed by atoms with Crippen LogP contribution in [0.25, 0.3) is 0 Å². The first-order chi connectivity index (χ1) is 7.88. The van der Waals surface area contributed by atoms with Gasteiger partial charge in [0.1, 0.15) is 0 Å². The first-order valence-electron chi connectivity index (χ1n) is 5.55. The van der Waals surface area contributed by atoms with E-state index >= 15 is 0 Å². The summed E-state index contributed by atoms with van der Waals surface area (Å²) in [5.74, 6) is 0.707. The molecule has 1 atom stereocenters. The molecule has 0 saturated heterocycles. The van der Waals surface area contributed by atoms with Gasteiger partial charge in [-0.3, -0.25) is 0 Å². The first-order valence-corrected chi connectivity index (χ1v) is 7.91. The van der Waals surface area contributed by atoms with Crippen LogP contribution in [0, 0.1) is 11.8 Å². The van der Waals surface area contributed by atoms with Crippen LogP contribution in [0.5, 0.6) is 0 Å². The van der Waals surface area contributed by atoms with Gasteiger partial charge in [-0.2, -0.15) is 0 Å². The number of aliphatic hydroxyl groups excluding tert-OH is 1. The number of hydrogen-bond donors (Lipinski definition) is 2. The van der Waals surface area contributed by atoms with Gasteiger partial charge in [-0.25, -0.2) is 13.1 Å². The van der Waals surface area contributed by atoms with Crippen LogP contribution >= 0.6 is 11.3 Å². The second-order valence-electron chi connectivity index (χ2n) is 4.44. The van der Waals surface area contributed by atoms with E-state index in [2.05, 4.69) is 18.6 Å². The van der Waals surface area contributed by atoms with E-state index in [-0.39, 0.29) is 17.4 Å². The Morgan fingerprint density at radius 2 is 2.06 bits per heavy atom. The van der Waals surface area contributed by atoms with Gasteiger partial charge in [-0.1, -0.05) is 20.8 Å². The van der Waals surface area contributed by atoms with Crippen LogP contribution in [0.2, 0.25) is 0 Å². The summed E-state index contributed by atoms with van der Waals surface area (Å²) in [5.41, 5.74) is 0. The lowest BCUT2D eigenvalue weighted by Gasteiger charge is -2.16. The molecule has 0 radical (unpaired) electrons. The lowest BCUT2D eigenvalue weighted by molar-refractivity contribution is 0.282. The fraction of sp³-hybridized carbons (Fsp3) is 0.636. The predicted molar refractivity (Wildman–Crippen MR) is 69.4 cm³/mol. The zero-order valence-corrected chi connectivity index (χ0v) is 11.9. The van der Waals surface area contributed by atoms with E-state index in [9.17, 15) is 8.42 Å². The Labute approximate surface area is 107 Å². The molecule has 0 saturated carbocycles. The van der Waals surface area contributed by atoms with Gasteiger partial charge in [0.25, 0.3) is 0 Å². The quantitative estimate of drug-likeness (QED) is 0.833. The second-order valence-corrected chi connectivity index (χ2v) is 7.18. The van der Waals surface area contributed by atoms with Gasteiger partial charge in [-0.15, -0.1) is 11.3 Å². The molecular formula is C11H19NO3S2. The number of aliphatic hydroxyl groups is 1. The van der Waals surface area contributed by atoms with Gasteiger partial charge in [0.05, 0.1) is 11.5 Å². The molecule has 4 nitrogen and oxygen atoms in total. The Bertz CT molecular complexity index is 451. The Morgan fingerprint density at radius 3 is 2.59 bits per heavy atom. The normalized spacial score (nSPS) is 14.2. The van der Waals surface area contributed by atoms with E-state index in [1.807, 2.05) is 6.92 Å². The third kappa shape index (κ3) is 3.77. The fourth-order valence-electron chi connectivity index (χ4n) is 1.24. The van der Waals surface area contributed by atoms with Crippen molar-refractivity contribution in [3.05, 3.63) is 16.3 Å². The molecule has 0 aromatic carbocycles. The summed E-state index contributed by atoms with van der Waals surface area (Å²) in [6, 6.07) is 1.53. The average Bonchev–Trinajstić information content (AvgIpc) is 2.74. The summed E-state index contributed by atoms with van der Waals surface area (Å²) in [7, 11) is -3.49. The lowest BCUT2D eigenvalue weighted by Crippen LogP contribution is -2.30. The number of thiophene rings is 1. The highest BCUT2D eigenvalue weighted by molar-refractivity contribution is 7.89. The molecule has 1 aromatic heterocycles. The molecule has 98 valence electrons. The van der Waals surface area contributed by atoms with Crippen molar-refractivity contribution in [1.82, 2.24) is 4.72 Å². The van der Waals surface area contributed by atoms with Crippen molar-refractivity contribution in [3.63, 3.8) is 0 Å².